The van der Waals surface area contributed by atoms with Gasteiger partial charge in [0.2, 0.25) is 0 Å². The van der Waals surface area contributed by atoms with Crippen LogP contribution in [0.5, 0.6) is 0 Å². The molecular formula is C13H11Cl2NO2S. The molecule has 1 aromatic heterocycles. The highest BCUT2D eigenvalue weighted by atomic mass is 35.5. The average molecular weight is 316 g/mol. The van der Waals surface area contributed by atoms with Crippen LogP contribution in [-0.2, 0) is 4.74 Å². The number of carbonyl (C=O) groups is 1. The molecular weight excluding hydrogens is 305 g/mol. The molecule has 2 N–H and O–H groups in total. The molecule has 0 saturated heterocycles. The Morgan fingerprint density at radius 3 is 2.68 bits per heavy atom. The fourth-order valence-corrected chi connectivity index (χ4v) is 3.33. The molecule has 0 bridgehead atoms. The van der Waals surface area contributed by atoms with Crippen LogP contribution in [0.3, 0.4) is 0 Å². The Morgan fingerprint density at radius 2 is 2.05 bits per heavy atom. The molecule has 1 heterocycles. The van der Waals surface area contributed by atoms with Crippen molar-refractivity contribution in [2.75, 3.05) is 12.8 Å². The number of ether oxygens (including phenoxy) is 1. The van der Waals surface area contributed by atoms with Gasteiger partial charge in [0.1, 0.15) is 4.88 Å². The summed E-state index contributed by atoms with van der Waals surface area (Å²) in [4.78, 5) is 12.8. The zero-order chi connectivity index (χ0) is 14.2. The zero-order valence-corrected chi connectivity index (χ0v) is 12.6. The van der Waals surface area contributed by atoms with Crippen molar-refractivity contribution < 1.29 is 9.53 Å². The summed E-state index contributed by atoms with van der Waals surface area (Å²) in [5.41, 5.74) is 7.92. The van der Waals surface area contributed by atoms with Crippen LogP contribution in [0.4, 0.5) is 5.69 Å². The average Bonchev–Trinajstić information content (AvgIpc) is 2.69. The molecule has 0 atom stereocenters. The number of esters is 1. The summed E-state index contributed by atoms with van der Waals surface area (Å²) in [6.45, 7) is 1.84. The molecule has 0 aliphatic carbocycles. The maximum absolute atomic E-state index is 11.6. The first-order chi connectivity index (χ1) is 8.97. The number of benzene rings is 1. The van der Waals surface area contributed by atoms with E-state index in [-0.39, 0.29) is 0 Å². The van der Waals surface area contributed by atoms with E-state index < -0.39 is 5.97 Å². The second-order valence-corrected chi connectivity index (χ2v) is 5.70. The highest BCUT2D eigenvalue weighted by Gasteiger charge is 2.21. The number of carbonyl (C=O) groups excluding carboxylic acids is 1. The molecule has 0 spiro atoms. The largest absolute Gasteiger partial charge is 0.465 e. The van der Waals surface area contributed by atoms with Crippen LogP contribution in [0.25, 0.3) is 10.4 Å². The van der Waals surface area contributed by atoms with Gasteiger partial charge in [-0.15, -0.1) is 11.3 Å². The standard InChI is InChI=1S/C13H11Cl2NO2S/c1-6-10(16)12(13(17)18-2)19-11(6)7-4-3-5-8(14)9(7)15/h3-5H,16H2,1-2H3. The molecule has 19 heavy (non-hydrogen) atoms. The maximum atomic E-state index is 11.6. The van der Waals surface area contributed by atoms with Gasteiger partial charge < -0.3 is 10.5 Å². The smallest absolute Gasteiger partial charge is 0.350 e. The third-order valence-corrected chi connectivity index (χ3v) is 4.90. The highest BCUT2D eigenvalue weighted by Crippen LogP contribution is 2.42. The van der Waals surface area contributed by atoms with E-state index in [1.54, 1.807) is 12.1 Å². The lowest BCUT2D eigenvalue weighted by atomic mass is 10.1. The molecule has 2 aromatic rings. The summed E-state index contributed by atoms with van der Waals surface area (Å²) < 4.78 is 4.71. The first-order valence-corrected chi connectivity index (χ1v) is 6.96. The Hall–Kier alpha value is -1.23. The maximum Gasteiger partial charge on any atom is 0.350 e. The van der Waals surface area contributed by atoms with E-state index >= 15 is 0 Å². The van der Waals surface area contributed by atoms with Crippen molar-refractivity contribution in [3.05, 3.63) is 38.7 Å². The van der Waals surface area contributed by atoms with E-state index in [1.165, 1.54) is 18.4 Å². The molecule has 1 aromatic carbocycles. The van der Waals surface area contributed by atoms with Crippen LogP contribution < -0.4 is 5.73 Å². The predicted octanol–water partition coefficient (Wildman–Crippen LogP) is 4.40. The third-order valence-electron chi connectivity index (χ3n) is 2.76. The number of methoxy groups -OCH3 is 1. The van der Waals surface area contributed by atoms with Gasteiger partial charge in [0.15, 0.2) is 0 Å². The van der Waals surface area contributed by atoms with Crippen LogP contribution in [-0.4, -0.2) is 13.1 Å². The molecule has 3 nitrogen and oxygen atoms in total. The van der Waals surface area contributed by atoms with Crippen LogP contribution in [0.2, 0.25) is 10.0 Å². The Morgan fingerprint density at radius 1 is 1.37 bits per heavy atom. The van der Waals surface area contributed by atoms with E-state index in [1.807, 2.05) is 13.0 Å². The summed E-state index contributed by atoms with van der Waals surface area (Å²) in [5.74, 6) is -0.449. The number of thiophene rings is 1. The molecule has 0 aliphatic rings. The number of nitrogen functional groups attached to an aromatic ring is 1. The molecule has 100 valence electrons. The molecule has 0 aliphatic heterocycles. The molecule has 0 saturated carbocycles. The summed E-state index contributed by atoms with van der Waals surface area (Å²) in [5, 5.41) is 0.912. The molecule has 0 amide bonds. The van der Waals surface area contributed by atoms with Crippen molar-refractivity contribution in [2.45, 2.75) is 6.92 Å². The predicted molar refractivity (Wildman–Crippen MR) is 80.3 cm³/mol. The normalized spacial score (nSPS) is 10.5. The van der Waals surface area contributed by atoms with Crippen LogP contribution >= 0.6 is 34.5 Å². The number of hydrogen-bond acceptors (Lipinski definition) is 4. The molecule has 2 rings (SSSR count). The van der Waals surface area contributed by atoms with Gasteiger partial charge in [-0.05, 0) is 18.6 Å². The van der Waals surface area contributed by atoms with Crippen LogP contribution in [0.1, 0.15) is 15.2 Å². The number of nitrogens with two attached hydrogens (primary N) is 1. The van der Waals surface area contributed by atoms with E-state index in [9.17, 15) is 4.79 Å². The Kier molecular flexibility index (Phi) is 4.04. The number of halogens is 2. The third kappa shape index (κ3) is 2.43. The van der Waals surface area contributed by atoms with Gasteiger partial charge in [-0.3, -0.25) is 0 Å². The second-order valence-electron chi connectivity index (χ2n) is 3.89. The topological polar surface area (TPSA) is 52.3 Å². The number of hydrogen-bond donors (Lipinski definition) is 1. The van der Waals surface area contributed by atoms with Crippen LogP contribution in [0, 0.1) is 6.92 Å². The van der Waals surface area contributed by atoms with Gasteiger partial charge in [0.05, 0.1) is 22.8 Å². The van der Waals surface area contributed by atoms with Crippen molar-refractivity contribution in [1.29, 1.82) is 0 Å². The monoisotopic (exact) mass is 315 g/mol. The van der Waals surface area contributed by atoms with E-state index in [0.717, 1.165) is 16.0 Å². The Balaban J connectivity index is 2.64. The number of anilines is 1. The Bertz CT molecular complexity index is 652. The van der Waals surface area contributed by atoms with Crippen molar-refractivity contribution in [1.82, 2.24) is 0 Å². The molecule has 0 unspecified atom stereocenters. The van der Waals surface area contributed by atoms with E-state index in [2.05, 4.69) is 0 Å². The SMILES string of the molecule is COC(=O)c1sc(-c2cccc(Cl)c2Cl)c(C)c1N. The summed E-state index contributed by atoms with van der Waals surface area (Å²) in [6, 6.07) is 5.35. The van der Waals surface area contributed by atoms with Crippen molar-refractivity contribution in [3.8, 4) is 10.4 Å². The quantitative estimate of drug-likeness (QED) is 0.836. The van der Waals surface area contributed by atoms with Gasteiger partial charge in [-0.2, -0.15) is 0 Å². The fraction of sp³-hybridized carbons (Fsp3) is 0.154. The minimum absolute atomic E-state index is 0.381. The van der Waals surface area contributed by atoms with Crippen molar-refractivity contribution >= 4 is 46.2 Å². The van der Waals surface area contributed by atoms with E-state index in [4.69, 9.17) is 33.7 Å². The lowest BCUT2D eigenvalue weighted by Gasteiger charge is -2.04. The second kappa shape index (κ2) is 5.41. The minimum atomic E-state index is -0.449. The molecule has 6 heteroatoms. The lowest BCUT2D eigenvalue weighted by molar-refractivity contribution is 0.0607. The lowest BCUT2D eigenvalue weighted by Crippen LogP contribution is -2.01. The summed E-state index contributed by atoms with van der Waals surface area (Å²) >= 11 is 13.4. The van der Waals surface area contributed by atoms with Crippen LogP contribution in [0.15, 0.2) is 18.2 Å². The van der Waals surface area contributed by atoms with Crippen molar-refractivity contribution in [2.24, 2.45) is 0 Å². The van der Waals surface area contributed by atoms with Gasteiger partial charge in [0, 0.05) is 10.4 Å². The summed E-state index contributed by atoms with van der Waals surface area (Å²) in [6.07, 6.45) is 0. The fourth-order valence-electron chi connectivity index (χ4n) is 1.71. The molecule has 0 radical (unpaired) electrons. The van der Waals surface area contributed by atoms with Gasteiger partial charge in [-0.25, -0.2) is 4.79 Å². The first-order valence-electron chi connectivity index (χ1n) is 5.39. The zero-order valence-electron chi connectivity index (χ0n) is 10.3. The van der Waals surface area contributed by atoms with Gasteiger partial charge in [0.25, 0.3) is 0 Å². The molecule has 0 fully saturated rings. The summed E-state index contributed by atoms with van der Waals surface area (Å²) in [7, 11) is 1.32. The van der Waals surface area contributed by atoms with Crippen molar-refractivity contribution in [3.63, 3.8) is 0 Å². The minimum Gasteiger partial charge on any atom is -0.465 e. The number of rotatable bonds is 2. The van der Waals surface area contributed by atoms with E-state index in [0.29, 0.717) is 20.6 Å². The first kappa shape index (κ1) is 14.2. The Labute approximate surface area is 124 Å². The van der Waals surface area contributed by atoms with Gasteiger partial charge in [-0.1, -0.05) is 35.3 Å². The van der Waals surface area contributed by atoms with Gasteiger partial charge >= 0.3 is 5.97 Å². The highest BCUT2D eigenvalue weighted by molar-refractivity contribution is 7.18.